The molecule has 1 aliphatic heterocycles. The SMILES string of the molecule is O=C(O)CCCCCNC(=O)c1ccc(OCC2CCCO2)cc1. The molecule has 132 valence electrons. The summed E-state index contributed by atoms with van der Waals surface area (Å²) in [6.07, 6.45) is 4.69. The molecule has 2 rings (SSSR count). The lowest BCUT2D eigenvalue weighted by molar-refractivity contribution is -0.137. The maximum absolute atomic E-state index is 12.0. The topological polar surface area (TPSA) is 84.9 Å². The third kappa shape index (κ3) is 6.58. The van der Waals surface area contributed by atoms with Crippen LogP contribution in [0, 0.1) is 0 Å². The Bertz CT molecular complexity index is 523. The number of amides is 1. The monoisotopic (exact) mass is 335 g/mol. The Morgan fingerprint density at radius 2 is 2.00 bits per heavy atom. The summed E-state index contributed by atoms with van der Waals surface area (Å²) < 4.78 is 11.2. The van der Waals surface area contributed by atoms with Crippen LogP contribution in [-0.4, -0.2) is 42.8 Å². The van der Waals surface area contributed by atoms with Crippen molar-refractivity contribution >= 4 is 11.9 Å². The Kier molecular flexibility index (Phi) is 7.55. The van der Waals surface area contributed by atoms with Gasteiger partial charge in [-0.25, -0.2) is 0 Å². The van der Waals surface area contributed by atoms with Gasteiger partial charge in [0.2, 0.25) is 0 Å². The van der Waals surface area contributed by atoms with Gasteiger partial charge in [-0.05, 0) is 49.9 Å². The minimum absolute atomic E-state index is 0.126. The molecule has 6 nitrogen and oxygen atoms in total. The van der Waals surface area contributed by atoms with Gasteiger partial charge in [-0.1, -0.05) is 6.42 Å². The van der Waals surface area contributed by atoms with E-state index in [2.05, 4.69) is 5.32 Å². The maximum atomic E-state index is 12.0. The third-order valence-electron chi connectivity index (χ3n) is 3.93. The van der Waals surface area contributed by atoms with E-state index in [4.69, 9.17) is 14.6 Å². The van der Waals surface area contributed by atoms with E-state index >= 15 is 0 Å². The summed E-state index contributed by atoms with van der Waals surface area (Å²) in [5.74, 6) is -0.171. The summed E-state index contributed by atoms with van der Waals surface area (Å²) in [5, 5.41) is 11.4. The number of unbranched alkanes of at least 4 members (excludes halogenated alkanes) is 2. The number of carboxylic acid groups (broad SMARTS) is 1. The van der Waals surface area contributed by atoms with Crippen LogP contribution in [0.3, 0.4) is 0 Å². The number of carbonyl (C=O) groups is 2. The highest BCUT2D eigenvalue weighted by Gasteiger charge is 2.16. The molecule has 1 aromatic rings. The fraction of sp³-hybridized carbons (Fsp3) is 0.556. The van der Waals surface area contributed by atoms with E-state index in [-0.39, 0.29) is 18.4 Å². The molecule has 0 saturated carbocycles. The minimum atomic E-state index is -0.777. The van der Waals surface area contributed by atoms with Crippen molar-refractivity contribution in [2.24, 2.45) is 0 Å². The van der Waals surface area contributed by atoms with Crippen LogP contribution in [0.1, 0.15) is 48.9 Å². The zero-order valence-corrected chi connectivity index (χ0v) is 13.8. The summed E-state index contributed by atoms with van der Waals surface area (Å²) in [6.45, 7) is 1.90. The summed E-state index contributed by atoms with van der Waals surface area (Å²) >= 11 is 0. The van der Waals surface area contributed by atoms with Crippen molar-refractivity contribution in [3.63, 3.8) is 0 Å². The van der Waals surface area contributed by atoms with Crippen molar-refractivity contribution in [2.45, 2.75) is 44.6 Å². The number of nitrogens with one attached hydrogen (secondary N) is 1. The van der Waals surface area contributed by atoms with Gasteiger partial charge in [0.15, 0.2) is 0 Å². The molecule has 0 aromatic heterocycles. The van der Waals surface area contributed by atoms with E-state index in [1.54, 1.807) is 24.3 Å². The Balaban J connectivity index is 1.64. The van der Waals surface area contributed by atoms with Gasteiger partial charge in [0.05, 0.1) is 6.10 Å². The minimum Gasteiger partial charge on any atom is -0.491 e. The van der Waals surface area contributed by atoms with E-state index in [1.807, 2.05) is 0 Å². The predicted octanol–water partition coefficient (Wildman–Crippen LogP) is 2.62. The molecular formula is C18H25NO5. The van der Waals surface area contributed by atoms with Gasteiger partial charge in [0.1, 0.15) is 12.4 Å². The molecule has 1 fully saturated rings. The second kappa shape index (κ2) is 9.93. The summed E-state index contributed by atoms with van der Waals surface area (Å²) in [5.41, 5.74) is 0.588. The number of carboxylic acids is 1. The van der Waals surface area contributed by atoms with Crippen molar-refractivity contribution in [1.29, 1.82) is 0 Å². The van der Waals surface area contributed by atoms with Gasteiger partial charge < -0.3 is 19.9 Å². The number of ether oxygens (including phenoxy) is 2. The van der Waals surface area contributed by atoms with Crippen LogP contribution in [0.25, 0.3) is 0 Å². The van der Waals surface area contributed by atoms with Gasteiger partial charge in [0, 0.05) is 25.1 Å². The lowest BCUT2D eigenvalue weighted by atomic mass is 10.2. The second-order valence-electron chi connectivity index (χ2n) is 5.93. The first-order valence-corrected chi connectivity index (χ1v) is 8.49. The fourth-order valence-electron chi connectivity index (χ4n) is 2.55. The van der Waals surface area contributed by atoms with Gasteiger partial charge in [-0.2, -0.15) is 0 Å². The second-order valence-corrected chi connectivity index (χ2v) is 5.93. The largest absolute Gasteiger partial charge is 0.491 e. The number of hydrogen-bond acceptors (Lipinski definition) is 4. The third-order valence-corrected chi connectivity index (χ3v) is 3.93. The summed E-state index contributed by atoms with van der Waals surface area (Å²) in [7, 11) is 0. The highest BCUT2D eigenvalue weighted by Crippen LogP contribution is 2.16. The van der Waals surface area contributed by atoms with Crippen molar-refractivity contribution in [2.75, 3.05) is 19.8 Å². The first-order chi connectivity index (χ1) is 11.6. The van der Waals surface area contributed by atoms with Crippen LogP contribution in [0.4, 0.5) is 0 Å². The standard InChI is InChI=1S/C18H25NO5/c20-17(21)6-2-1-3-11-19-18(22)14-7-9-15(10-8-14)24-13-16-5-4-12-23-16/h7-10,16H,1-6,11-13H2,(H,19,22)(H,20,21). The lowest BCUT2D eigenvalue weighted by Gasteiger charge is -2.11. The molecule has 1 aliphatic rings. The lowest BCUT2D eigenvalue weighted by Crippen LogP contribution is -2.24. The predicted molar refractivity (Wildman–Crippen MR) is 89.3 cm³/mol. The maximum Gasteiger partial charge on any atom is 0.303 e. The quantitative estimate of drug-likeness (QED) is 0.642. The van der Waals surface area contributed by atoms with E-state index in [0.717, 1.165) is 38.0 Å². The molecule has 0 spiro atoms. The van der Waals surface area contributed by atoms with Crippen LogP contribution in [0.2, 0.25) is 0 Å². The van der Waals surface area contributed by atoms with Crippen molar-refractivity contribution in [3.8, 4) is 5.75 Å². The van der Waals surface area contributed by atoms with Crippen LogP contribution in [0.15, 0.2) is 24.3 Å². The van der Waals surface area contributed by atoms with Gasteiger partial charge in [0.25, 0.3) is 5.91 Å². The van der Waals surface area contributed by atoms with Crippen LogP contribution in [-0.2, 0) is 9.53 Å². The van der Waals surface area contributed by atoms with E-state index in [9.17, 15) is 9.59 Å². The van der Waals surface area contributed by atoms with Crippen LogP contribution < -0.4 is 10.1 Å². The highest BCUT2D eigenvalue weighted by molar-refractivity contribution is 5.94. The molecule has 1 atom stereocenters. The van der Waals surface area contributed by atoms with Crippen molar-refractivity contribution in [1.82, 2.24) is 5.32 Å². The highest BCUT2D eigenvalue weighted by atomic mass is 16.5. The molecule has 24 heavy (non-hydrogen) atoms. The molecule has 0 aliphatic carbocycles. The van der Waals surface area contributed by atoms with Gasteiger partial charge in [-0.3, -0.25) is 9.59 Å². The number of rotatable bonds is 10. The van der Waals surface area contributed by atoms with E-state index in [0.29, 0.717) is 25.1 Å². The Labute approximate surface area is 142 Å². The van der Waals surface area contributed by atoms with E-state index < -0.39 is 5.97 Å². The molecule has 6 heteroatoms. The first-order valence-electron chi connectivity index (χ1n) is 8.49. The summed E-state index contributed by atoms with van der Waals surface area (Å²) in [6, 6.07) is 7.06. The Morgan fingerprint density at radius 3 is 2.67 bits per heavy atom. The smallest absolute Gasteiger partial charge is 0.303 e. The molecule has 0 radical (unpaired) electrons. The number of aliphatic carboxylic acids is 1. The van der Waals surface area contributed by atoms with Gasteiger partial charge >= 0.3 is 5.97 Å². The van der Waals surface area contributed by atoms with Crippen molar-refractivity contribution < 1.29 is 24.2 Å². The molecule has 1 unspecified atom stereocenters. The number of carbonyl (C=O) groups excluding carboxylic acids is 1. The zero-order valence-electron chi connectivity index (χ0n) is 13.8. The fourth-order valence-corrected chi connectivity index (χ4v) is 2.55. The normalized spacial score (nSPS) is 16.8. The first kappa shape index (κ1) is 18.3. The molecule has 0 bridgehead atoms. The van der Waals surface area contributed by atoms with Crippen LogP contribution in [0.5, 0.6) is 5.75 Å². The molecule has 1 saturated heterocycles. The zero-order chi connectivity index (χ0) is 17.2. The molecule has 2 N–H and O–H groups in total. The van der Waals surface area contributed by atoms with Crippen LogP contribution >= 0.6 is 0 Å². The Morgan fingerprint density at radius 1 is 1.21 bits per heavy atom. The molecule has 1 aromatic carbocycles. The van der Waals surface area contributed by atoms with Crippen molar-refractivity contribution in [3.05, 3.63) is 29.8 Å². The molecule has 1 amide bonds. The Hall–Kier alpha value is -2.08. The number of benzene rings is 1. The van der Waals surface area contributed by atoms with Gasteiger partial charge in [-0.15, -0.1) is 0 Å². The van der Waals surface area contributed by atoms with E-state index in [1.165, 1.54) is 0 Å². The molecular weight excluding hydrogens is 310 g/mol. The summed E-state index contributed by atoms with van der Waals surface area (Å²) in [4.78, 5) is 22.4. The average molecular weight is 335 g/mol. The molecule has 1 heterocycles. The average Bonchev–Trinajstić information content (AvgIpc) is 3.09. The number of hydrogen-bond donors (Lipinski definition) is 2.